The Hall–Kier alpha value is -0.440. The van der Waals surface area contributed by atoms with Crippen molar-refractivity contribution in [1.82, 2.24) is 0 Å². The molecular weight excluding hydrogens is 488 g/mol. The van der Waals surface area contributed by atoms with E-state index in [9.17, 15) is 25.5 Å². The fraction of sp³-hybridized carbons (Fsp3) is 1.00. The highest BCUT2D eigenvalue weighted by Gasteiger charge is 2.87. The van der Waals surface area contributed by atoms with E-state index in [0.29, 0.717) is 64.2 Å². The number of ether oxygens (including phenoxy) is 6. The lowest BCUT2D eigenvalue weighted by Crippen LogP contribution is -2.90. The second-order valence-corrected chi connectivity index (χ2v) is 9.54. The molecule has 0 aromatic rings. The van der Waals surface area contributed by atoms with E-state index in [1.807, 2.05) is 34.6 Å². The minimum absolute atomic E-state index is 0.0400. The van der Waals surface area contributed by atoms with Crippen LogP contribution in [0.5, 0.6) is 0 Å². The van der Waals surface area contributed by atoms with Crippen LogP contribution in [0.3, 0.4) is 0 Å². The second kappa shape index (κ2) is 16.0. The third-order valence-corrected chi connectivity index (χ3v) is 6.43. The molecule has 222 valence electrons. The van der Waals surface area contributed by atoms with Gasteiger partial charge in [0.1, 0.15) is 6.61 Å². The monoisotopic (exact) mass is 540 g/mol. The fourth-order valence-electron chi connectivity index (χ4n) is 3.92. The van der Waals surface area contributed by atoms with Crippen molar-refractivity contribution < 1.29 is 54.0 Å². The van der Waals surface area contributed by atoms with Crippen LogP contribution in [0.2, 0.25) is 0 Å². The summed E-state index contributed by atoms with van der Waals surface area (Å²) in [5.74, 6) is -15.2. The molecule has 0 amide bonds. The maximum Gasteiger partial charge on any atom is 0.346 e. The smallest absolute Gasteiger partial charge is 0.346 e. The van der Waals surface area contributed by atoms with Crippen LogP contribution in [-0.4, -0.2) is 94.3 Å². The average Bonchev–Trinajstić information content (AvgIpc) is 2.87. The van der Waals surface area contributed by atoms with Gasteiger partial charge in [-0.05, 0) is 32.1 Å². The van der Waals surface area contributed by atoms with Gasteiger partial charge in [0.2, 0.25) is 0 Å². The molecular formula is C26H52O11. The Morgan fingerprint density at radius 2 is 0.838 bits per heavy atom. The van der Waals surface area contributed by atoms with Crippen molar-refractivity contribution in [3.63, 3.8) is 0 Å². The van der Waals surface area contributed by atoms with Crippen molar-refractivity contribution in [3.8, 4) is 0 Å². The zero-order valence-electron chi connectivity index (χ0n) is 23.5. The Kier molecular flexibility index (Phi) is 14.9. The topological polar surface area (TPSA) is 157 Å². The van der Waals surface area contributed by atoms with Crippen LogP contribution < -0.4 is 0 Å². The van der Waals surface area contributed by atoms with E-state index < -0.39 is 35.7 Å². The van der Waals surface area contributed by atoms with Crippen LogP contribution in [-0.2, 0) is 28.4 Å². The maximum atomic E-state index is 12.2. The van der Waals surface area contributed by atoms with Crippen molar-refractivity contribution in [2.75, 3.05) is 39.6 Å². The first kappa shape index (κ1) is 34.6. The number of rotatable bonds is 21. The van der Waals surface area contributed by atoms with Gasteiger partial charge in [-0.1, -0.05) is 66.7 Å². The predicted octanol–water partition coefficient (Wildman–Crippen LogP) is 2.50. The number of unbranched alkanes of at least 4 members (excludes halogenated alkanes) is 5. The first-order valence-corrected chi connectivity index (χ1v) is 14.0. The minimum atomic E-state index is -3.22. The average molecular weight is 541 g/mol. The van der Waals surface area contributed by atoms with E-state index >= 15 is 0 Å². The molecule has 0 radical (unpaired) electrons. The van der Waals surface area contributed by atoms with Gasteiger partial charge in [-0.3, -0.25) is 4.74 Å². The summed E-state index contributed by atoms with van der Waals surface area (Å²) < 4.78 is 34.4. The van der Waals surface area contributed by atoms with Gasteiger partial charge in [-0.15, -0.1) is 0 Å². The summed E-state index contributed by atoms with van der Waals surface area (Å²) in [6.07, 6.45) is 5.67. The zero-order chi connectivity index (χ0) is 28.1. The quantitative estimate of drug-likeness (QED) is 0.108. The molecule has 1 rings (SSSR count). The molecule has 11 nitrogen and oxygen atoms in total. The van der Waals surface area contributed by atoms with E-state index in [-0.39, 0.29) is 33.0 Å². The molecule has 5 N–H and O–H groups in total. The highest BCUT2D eigenvalue weighted by Crippen LogP contribution is 2.55. The van der Waals surface area contributed by atoms with Gasteiger partial charge in [0.15, 0.2) is 0 Å². The molecule has 11 heteroatoms. The van der Waals surface area contributed by atoms with Crippen molar-refractivity contribution >= 4 is 0 Å². The summed E-state index contributed by atoms with van der Waals surface area (Å²) in [6.45, 7) is 7.84. The number of aliphatic hydroxyl groups is 5. The van der Waals surface area contributed by atoms with Gasteiger partial charge in [0.25, 0.3) is 17.4 Å². The Balaban J connectivity index is 3.84. The van der Waals surface area contributed by atoms with E-state index in [2.05, 4.69) is 0 Å². The molecule has 1 aliphatic rings. The zero-order valence-corrected chi connectivity index (χ0v) is 23.5. The minimum Gasteiger partial charge on any atom is -0.391 e. The molecule has 0 aliphatic carbocycles. The number of hydrogen-bond donors (Lipinski definition) is 5. The Morgan fingerprint density at radius 1 is 0.486 bits per heavy atom. The molecule has 5 atom stereocenters. The summed E-state index contributed by atoms with van der Waals surface area (Å²) >= 11 is 0. The molecule has 1 fully saturated rings. The van der Waals surface area contributed by atoms with Crippen LogP contribution in [0.25, 0.3) is 0 Å². The predicted molar refractivity (Wildman–Crippen MR) is 135 cm³/mol. The summed E-state index contributed by atoms with van der Waals surface area (Å²) in [6, 6.07) is 0. The van der Waals surface area contributed by atoms with Gasteiger partial charge in [0, 0.05) is 0 Å². The van der Waals surface area contributed by atoms with E-state index in [1.54, 1.807) is 0 Å². The molecule has 0 spiro atoms. The highest BCUT2D eigenvalue weighted by molar-refractivity contribution is 5.13. The van der Waals surface area contributed by atoms with Crippen molar-refractivity contribution in [2.45, 2.75) is 128 Å². The van der Waals surface area contributed by atoms with E-state index in [4.69, 9.17) is 28.4 Å². The lowest BCUT2D eigenvalue weighted by Gasteiger charge is -2.63. The largest absolute Gasteiger partial charge is 0.391 e. The molecule has 0 saturated carbocycles. The van der Waals surface area contributed by atoms with Gasteiger partial charge in [0.05, 0.1) is 33.0 Å². The molecule has 0 bridgehead atoms. The fourth-order valence-corrected chi connectivity index (χ4v) is 3.92. The van der Waals surface area contributed by atoms with Crippen LogP contribution >= 0.6 is 0 Å². The summed E-state index contributed by atoms with van der Waals surface area (Å²) in [4.78, 5) is 0. The Bertz CT molecular complexity index is 625. The van der Waals surface area contributed by atoms with Crippen LogP contribution in [0, 0.1) is 0 Å². The summed E-state index contributed by atoms with van der Waals surface area (Å²) in [5, 5.41) is 58.5. The van der Waals surface area contributed by atoms with Gasteiger partial charge < -0.3 is 49.2 Å². The van der Waals surface area contributed by atoms with E-state index in [0.717, 1.165) is 0 Å². The molecule has 1 heterocycles. The van der Waals surface area contributed by atoms with Crippen LogP contribution in [0.15, 0.2) is 0 Å². The molecule has 1 saturated heterocycles. The number of hydrogen-bond acceptors (Lipinski definition) is 11. The second-order valence-electron chi connectivity index (χ2n) is 9.54. The SMILES string of the molecule is CCCCOC1(O)O[C@@](CO)(OCCCC)[C@@](O)(OCCCC)[C@](O)(OCCCC)[C@@]1(O)OCCCC. The Labute approximate surface area is 222 Å². The first-order valence-electron chi connectivity index (χ1n) is 14.0. The molecule has 1 aliphatic heterocycles. The lowest BCUT2D eigenvalue weighted by atomic mass is 9.83. The summed E-state index contributed by atoms with van der Waals surface area (Å²) in [5.41, 5.74) is 0. The third-order valence-electron chi connectivity index (χ3n) is 6.43. The lowest BCUT2D eigenvalue weighted by molar-refractivity contribution is -0.654. The normalized spacial score (nSPS) is 34.2. The molecule has 0 aromatic heterocycles. The third kappa shape index (κ3) is 7.20. The Morgan fingerprint density at radius 3 is 1.24 bits per heavy atom. The van der Waals surface area contributed by atoms with Crippen molar-refractivity contribution in [2.24, 2.45) is 0 Å². The van der Waals surface area contributed by atoms with Gasteiger partial charge in [-0.2, -0.15) is 0 Å². The molecule has 37 heavy (non-hydrogen) atoms. The van der Waals surface area contributed by atoms with Crippen molar-refractivity contribution in [3.05, 3.63) is 0 Å². The maximum absolute atomic E-state index is 12.2. The van der Waals surface area contributed by atoms with Crippen LogP contribution in [0.4, 0.5) is 0 Å². The molecule has 1 unspecified atom stereocenters. The molecule has 0 aromatic carbocycles. The highest BCUT2D eigenvalue weighted by atomic mass is 16.9. The van der Waals surface area contributed by atoms with Gasteiger partial charge in [-0.25, -0.2) is 0 Å². The standard InChI is InChI=1S/C26H52O11/c1-6-11-16-32-22(21-27)23(28,33-17-12-7-2)24(29,34-18-13-8-3)25(30,35-19-14-9-4)26(31,37-22)36-20-15-10-5/h27-31H,6-21H2,1-5H3/t22-,23-,24+,25-,26?/m1/s1. The van der Waals surface area contributed by atoms with Crippen LogP contribution in [0.1, 0.15) is 98.8 Å². The first-order chi connectivity index (χ1) is 17.6. The van der Waals surface area contributed by atoms with Crippen molar-refractivity contribution in [1.29, 1.82) is 0 Å². The summed E-state index contributed by atoms with van der Waals surface area (Å²) in [7, 11) is 0. The van der Waals surface area contributed by atoms with E-state index in [1.165, 1.54) is 0 Å². The van der Waals surface area contributed by atoms with Gasteiger partial charge >= 0.3 is 11.8 Å². The number of aliphatic hydroxyl groups excluding tert-OH is 1.